The first-order valence-electron chi connectivity index (χ1n) is 10.1. The first-order valence-corrected chi connectivity index (χ1v) is 10.1. The lowest BCUT2D eigenvalue weighted by atomic mass is 9.96. The largest absolute Gasteiger partial charge is 0.314 e. The topological polar surface area (TPSA) is 12.0 Å². The summed E-state index contributed by atoms with van der Waals surface area (Å²) in [6.07, 6.45) is 21.6. The molecule has 1 rings (SSSR count). The van der Waals surface area contributed by atoms with Crippen molar-refractivity contribution in [3.05, 3.63) is 0 Å². The van der Waals surface area contributed by atoms with E-state index in [4.69, 9.17) is 0 Å². The molecular formula is C20H41N. The van der Waals surface area contributed by atoms with Gasteiger partial charge >= 0.3 is 0 Å². The molecule has 0 spiro atoms. The van der Waals surface area contributed by atoms with Crippen LogP contribution in [0.2, 0.25) is 0 Å². The Balaban J connectivity index is 2.26. The van der Waals surface area contributed by atoms with Gasteiger partial charge in [-0.2, -0.15) is 0 Å². The van der Waals surface area contributed by atoms with Crippen molar-refractivity contribution in [2.24, 2.45) is 5.92 Å². The van der Waals surface area contributed by atoms with Gasteiger partial charge in [0.05, 0.1) is 0 Å². The predicted octanol–water partition coefficient (Wildman–Crippen LogP) is 6.47. The summed E-state index contributed by atoms with van der Waals surface area (Å²) in [6.45, 7) is 5.94. The summed E-state index contributed by atoms with van der Waals surface area (Å²) in [7, 11) is 0. The minimum Gasteiger partial charge on any atom is -0.314 e. The smallest absolute Gasteiger partial charge is 0.00671 e. The van der Waals surface area contributed by atoms with E-state index in [1.807, 2.05) is 0 Å². The van der Waals surface area contributed by atoms with Crippen LogP contribution in [0.15, 0.2) is 0 Å². The van der Waals surface area contributed by atoms with Crippen LogP contribution in [-0.4, -0.2) is 12.6 Å². The molecule has 0 amide bonds. The quantitative estimate of drug-likeness (QED) is 0.568. The second-order valence-corrected chi connectivity index (χ2v) is 7.28. The van der Waals surface area contributed by atoms with Gasteiger partial charge in [-0.05, 0) is 31.7 Å². The van der Waals surface area contributed by atoms with Crippen molar-refractivity contribution in [1.82, 2.24) is 5.32 Å². The van der Waals surface area contributed by atoms with E-state index >= 15 is 0 Å². The van der Waals surface area contributed by atoms with Crippen LogP contribution in [0.5, 0.6) is 0 Å². The average molecular weight is 296 g/mol. The van der Waals surface area contributed by atoms with E-state index in [1.54, 1.807) is 0 Å². The zero-order chi connectivity index (χ0) is 15.2. The van der Waals surface area contributed by atoms with Gasteiger partial charge < -0.3 is 5.32 Å². The van der Waals surface area contributed by atoms with E-state index < -0.39 is 0 Å². The minimum absolute atomic E-state index is 0.806. The first kappa shape index (κ1) is 19.0. The van der Waals surface area contributed by atoms with Gasteiger partial charge in [-0.15, -0.1) is 0 Å². The zero-order valence-electron chi connectivity index (χ0n) is 15.0. The summed E-state index contributed by atoms with van der Waals surface area (Å²) in [5, 5.41) is 3.93. The number of hydrogen-bond acceptors (Lipinski definition) is 1. The van der Waals surface area contributed by atoms with E-state index in [2.05, 4.69) is 19.2 Å². The van der Waals surface area contributed by atoms with Gasteiger partial charge in [-0.1, -0.05) is 90.9 Å². The molecule has 0 radical (unpaired) electrons. The first-order chi connectivity index (χ1) is 10.4. The molecule has 1 N–H and O–H groups in total. The highest BCUT2D eigenvalue weighted by molar-refractivity contribution is 4.71. The lowest BCUT2D eigenvalue weighted by Gasteiger charge is -2.23. The molecule has 0 bridgehead atoms. The average Bonchev–Trinajstić information content (AvgIpc) is 2.49. The van der Waals surface area contributed by atoms with Gasteiger partial charge in [0.15, 0.2) is 0 Å². The Bertz CT molecular complexity index is 202. The second-order valence-electron chi connectivity index (χ2n) is 7.28. The van der Waals surface area contributed by atoms with Gasteiger partial charge in [0.25, 0.3) is 0 Å². The molecule has 1 fully saturated rings. The molecule has 1 heteroatoms. The standard InChI is InChI=1S/C20H41N/c1-3-5-15-19(4-2)18-21-20-16-13-11-9-7-6-8-10-12-14-17-20/h19-21H,3-18H2,1-2H3. The van der Waals surface area contributed by atoms with E-state index in [1.165, 1.54) is 103 Å². The molecule has 0 aromatic rings. The molecule has 1 nitrogen and oxygen atoms in total. The molecule has 1 aliphatic carbocycles. The van der Waals surface area contributed by atoms with Crippen LogP contribution in [0, 0.1) is 5.92 Å². The fourth-order valence-electron chi connectivity index (χ4n) is 3.64. The van der Waals surface area contributed by atoms with Crippen LogP contribution >= 0.6 is 0 Å². The number of hydrogen-bond donors (Lipinski definition) is 1. The third-order valence-corrected chi connectivity index (χ3v) is 5.34. The van der Waals surface area contributed by atoms with Crippen molar-refractivity contribution < 1.29 is 0 Å². The van der Waals surface area contributed by atoms with Crippen LogP contribution in [0.3, 0.4) is 0 Å². The molecule has 21 heavy (non-hydrogen) atoms. The molecule has 0 aromatic heterocycles. The van der Waals surface area contributed by atoms with Crippen LogP contribution in [-0.2, 0) is 0 Å². The molecule has 0 saturated heterocycles. The molecule has 1 saturated carbocycles. The van der Waals surface area contributed by atoms with Crippen molar-refractivity contribution in [1.29, 1.82) is 0 Å². The fourth-order valence-corrected chi connectivity index (χ4v) is 3.64. The lowest BCUT2D eigenvalue weighted by Crippen LogP contribution is -2.33. The van der Waals surface area contributed by atoms with Crippen LogP contribution < -0.4 is 5.32 Å². The Labute approximate surface area is 134 Å². The Morgan fingerprint density at radius 1 is 0.810 bits per heavy atom. The minimum atomic E-state index is 0.806. The maximum atomic E-state index is 3.93. The van der Waals surface area contributed by atoms with E-state index in [0.717, 1.165) is 12.0 Å². The summed E-state index contributed by atoms with van der Waals surface area (Å²) in [4.78, 5) is 0. The predicted molar refractivity (Wildman–Crippen MR) is 95.9 cm³/mol. The van der Waals surface area contributed by atoms with Crippen molar-refractivity contribution in [3.63, 3.8) is 0 Å². The maximum absolute atomic E-state index is 3.93. The van der Waals surface area contributed by atoms with Crippen LogP contribution in [0.25, 0.3) is 0 Å². The van der Waals surface area contributed by atoms with E-state index in [0.29, 0.717) is 0 Å². The molecule has 1 aliphatic rings. The van der Waals surface area contributed by atoms with Gasteiger partial charge in [-0.25, -0.2) is 0 Å². The zero-order valence-corrected chi connectivity index (χ0v) is 15.0. The lowest BCUT2D eigenvalue weighted by molar-refractivity contribution is 0.351. The summed E-state index contributed by atoms with van der Waals surface area (Å²) in [6, 6.07) is 0.806. The molecule has 1 unspecified atom stereocenters. The number of nitrogens with one attached hydrogen (secondary N) is 1. The van der Waals surface area contributed by atoms with Crippen molar-refractivity contribution in [2.75, 3.05) is 6.54 Å². The SMILES string of the molecule is CCCCC(CC)CNC1CCCCCCCCCCC1. The summed E-state index contributed by atoms with van der Waals surface area (Å²) in [5.41, 5.74) is 0. The second kappa shape index (κ2) is 13.6. The third kappa shape index (κ3) is 10.3. The van der Waals surface area contributed by atoms with Crippen molar-refractivity contribution >= 4 is 0 Å². The van der Waals surface area contributed by atoms with E-state index in [-0.39, 0.29) is 0 Å². The number of unbranched alkanes of at least 4 members (excludes halogenated alkanes) is 1. The van der Waals surface area contributed by atoms with Crippen LogP contribution in [0.1, 0.15) is 110 Å². The molecular weight excluding hydrogens is 254 g/mol. The van der Waals surface area contributed by atoms with Gasteiger partial charge in [-0.3, -0.25) is 0 Å². The van der Waals surface area contributed by atoms with Gasteiger partial charge in [0.1, 0.15) is 0 Å². The Hall–Kier alpha value is -0.0400. The Morgan fingerprint density at radius 3 is 1.81 bits per heavy atom. The molecule has 1 atom stereocenters. The Kier molecular flexibility index (Phi) is 12.3. The molecule has 126 valence electrons. The van der Waals surface area contributed by atoms with Crippen molar-refractivity contribution in [2.45, 2.75) is 116 Å². The summed E-state index contributed by atoms with van der Waals surface area (Å²) >= 11 is 0. The molecule has 0 aromatic carbocycles. The third-order valence-electron chi connectivity index (χ3n) is 5.34. The van der Waals surface area contributed by atoms with Gasteiger partial charge in [0, 0.05) is 6.04 Å². The normalized spacial score (nSPS) is 21.4. The number of rotatable bonds is 7. The van der Waals surface area contributed by atoms with Crippen molar-refractivity contribution in [3.8, 4) is 0 Å². The van der Waals surface area contributed by atoms with Gasteiger partial charge in [0.2, 0.25) is 0 Å². The Morgan fingerprint density at radius 2 is 1.33 bits per heavy atom. The maximum Gasteiger partial charge on any atom is 0.00671 e. The monoisotopic (exact) mass is 295 g/mol. The summed E-state index contributed by atoms with van der Waals surface area (Å²) < 4.78 is 0. The van der Waals surface area contributed by atoms with Crippen LogP contribution in [0.4, 0.5) is 0 Å². The summed E-state index contributed by atoms with van der Waals surface area (Å²) in [5.74, 6) is 0.909. The molecule has 0 aliphatic heterocycles. The highest BCUT2D eigenvalue weighted by Gasteiger charge is 2.12. The highest BCUT2D eigenvalue weighted by atomic mass is 14.9. The fraction of sp³-hybridized carbons (Fsp3) is 1.00. The highest BCUT2D eigenvalue weighted by Crippen LogP contribution is 2.18. The van der Waals surface area contributed by atoms with E-state index in [9.17, 15) is 0 Å². The molecule has 0 heterocycles.